The maximum absolute atomic E-state index is 12.4. The number of anilines is 1. The molecule has 0 aromatic heterocycles. The van der Waals surface area contributed by atoms with Crippen molar-refractivity contribution in [3.8, 4) is 11.5 Å². The second-order valence-electron chi connectivity index (χ2n) is 5.75. The van der Waals surface area contributed by atoms with Crippen molar-refractivity contribution in [1.82, 2.24) is 0 Å². The van der Waals surface area contributed by atoms with E-state index in [0.29, 0.717) is 5.75 Å². The third-order valence-corrected chi connectivity index (χ3v) is 5.26. The van der Waals surface area contributed by atoms with Gasteiger partial charge in [0.1, 0.15) is 16.9 Å². The maximum Gasteiger partial charge on any atom is 0.238 e. The first kappa shape index (κ1) is 15.8. The molecular formula is C21H17NO2S. The predicted molar refractivity (Wildman–Crippen MR) is 102 cm³/mol. The highest BCUT2D eigenvalue weighted by atomic mass is 32.2. The minimum atomic E-state index is 0.0228. The zero-order valence-electron chi connectivity index (χ0n) is 13.5. The number of carbonyl (C=O) groups is 1. The lowest BCUT2D eigenvalue weighted by Crippen LogP contribution is -2.27. The normalized spacial score (nSPS) is 16.9. The molecule has 1 saturated heterocycles. The average Bonchev–Trinajstić information content (AvgIpc) is 3.05. The molecule has 0 bridgehead atoms. The van der Waals surface area contributed by atoms with Crippen molar-refractivity contribution < 1.29 is 9.53 Å². The highest BCUT2D eigenvalue weighted by Crippen LogP contribution is 2.42. The number of amides is 1. The van der Waals surface area contributed by atoms with Gasteiger partial charge in [-0.25, -0.2) is 0 Å². The average molecular weight is 347 g/mol. The zero-order chi connectivity index (χ0) is 17.1. The van der Waals surface area contributed by atoms with Gasteiger partial charge in [0.15, 0.2) is 0 Å². The topological polar surface area (TPSA) is 29.5 Å². The van der Waals surface area contributed by atoms with Crippen molar-refractivity contribution in [3.05, 3.63) is 90.5 Å². The summed E-state index contributed by atoms with van der Waals surface area (Å²) in [5.74, 6) is 2.19. The van der Waals surface area contributed by atoms with Crippen LogP contribution >= 0.6 is 11.8 Å². The third kappa shape index (κ3) is 3.39. The molecule has 3 aromatic carbocycles. The van der Waals surface area contributed by atoms with Gasteiger partial charge in [-0.15, -0.1) is 11.8 Å². The molecule has 0 radical (unpaired) electrons. The highest BCUT2D eigenvalue weighted by molar-refractivity contribution is 8.00. The molecule has 1 heterocycles. The molecule has 3 aromatic rings. The van der Waals surface area contributed by atoms with Gasteiger partial charge in [0.25, 0.3) is 0 Å². The van der Waals surface area contributed by atoms with E-state index in [-0.39, 0.29) is 11.3 Å². The van der Waals surface area contributed by atoms with Crippen LogP contribution in [0, 0.1) is 0 Å². The van der Waals surface area contributed by atoms with Gasteiger partial charge < -0.3 is 4.74 Å². The van der Waals surface area contributed by atoms with Crippen LogP contribution in [0.1, 0.15) is 10.9 Å². The molecule has 1 atom stereocenters. The molecule has 124 valence electrons. The van der Waals surface area contributed by atoms with Gasteiger partial charge in [-0.05, 0) is 42.0 Å². The number of para-hydroxylation sites is 1. The first-order chi connectivity index (χ1) is 12.3. The van der Waals surface area contributed by atoms with Crippen molar-refractivity contribution >= 4 is 23.4 Å². The molecule has 0 N–H and O–H groups in total. The van der Waals surface area contributed by atoms with Crippen LogP contribution in [-0.4, -0.2) is 11.7 Å². The molecule has 1 amide bonds. The fourth-order valence-corrected chi connectivity index (χ4v) is 4.04. The van der Waals surface area contributed by atoms with E-state index in [1.165, 1.54) is 0 Å². The van der Waals surface area contributed by atoms with E-state index < -0.39 is 0 Å². The van der Waals surface area contributed by atoms with Gasteiger partial charge >= 0.3 is 0 Å². The molecule has 1 unspecified atom stereocenters. The summed E-state index contributed by atoms with van der Waals surface area (Å²) >= 11 is 1.66. The standard InChI is InChI=1S/C21H17NO2S/c23-20-15-25-21(16-7-3-1-4-8-16)22(20)17-11-13-19(14-12-17)24-18-9-5-2-6-10-18/h1-14,21H,15H2. The number of carbonyl (C=O) groups excluding carboxylic acids is 1. The summed E-state index contributed by atoms with van der Waals surface area (Å²) in [5, 5.41) is 0.0228. The summed E-state index contributed by atoms with van der Waals surface area (Å²) < 4.78 is 5.83. The van der Waals surface area contributed by atoms with Gasteiger partial charge in [0.05, 0.1) is 5.75 Å². The summed E-state index contributed by atoms with van der Waals surface area (Å²) in [7, 11) is 0. The minimum Gasteiger partial charge on any atom is -0.457 e. The fourth-order valence-electron chi connectivity index (χ4n) is 2.87. The van der Waals surface area contributed by atoms with Crippen molar-refractivity contribution in [2.24, 2.45) is 0 Å². The van der Waals surface area contributed by atoms with Gasteiger partial charge in [-0.3, -0.25) is 9.69 Å². The second kappa shape index (κ2) is 7.03. The number of rotatable bonds is 4. The Morgan fingerprint density at radius 3 is 2.08 bits per heavy atom. The number of hydrogen-bond acceptors (Lipinski definition) is 3. The van der Waals surface area contributed by atoms with Gasteiger partial charge in [0, 0.05) is 5.69 Å². The molecular weight excluding hydrogens is 330 g/mol. The molecule has 0 spiro atoms. The summed E-state index contributed by atoms with van der Waals surface area (Å²) in [6, 6.07) is 27.5. The molecule has 0 saturated carbocycles. The molecule has 25 heavy (non-hydrogen) atoms. The Morgan fingerprint density at radius 1 is 0.800 bits per heavy atom. The molecule has 4 heteroatoms. The van der Waals surface area contributed by atoms with E-state index in [0.717, 1.165) is 22.7 Å². The Balaban J connectivity index is 1.57. The molecule has 4 rings (SSSR count). The fraction of sp³-hybridized carbons (Fsp3) is 0.0952. The van der Waals surface area contributed by atoms with Crippen LogP contribution in [0.3, 0.4) is 0 Å². The Labute approximate surface area is 151 Å². The maximum atomic E-state index is 12.4. The lowest BCUT2D eigenvalue weighted by molar-refractivity contribution is -0.115. The van der Waals surface area contributed by atoms with Crippen LogP contribution in [0.25, 0.3) is 0 Å². The number of benzene rings is 3. The lowest BCUT2D eigenvalue weighted by Gasteiger charge is -2.24. The number of hydrogen-bond donors (Lipinski definition) is 0. The Bertz CT molecular complexity index is 850. The van der Waals surface area contributed by atoms with Crippen molar-refractivity contribution in [2.45, 2.75) is 5.37 Å². The van der Waals surface area contributed by atoms with Crippen molar-refractivity contribution in [3.63, 3.8) is 0 Å². The summed E-state index contributed by atoms with van der Waals surface area (Å²) in [6.45, 7) is 0. The zero-order valence-corrected chi connectivity index (χ0v) is 14.4. The smallest absolute Gasteiger partial charge is 0.238 e. The molecule has 0 aliphatic carbocycles. The quantitative estimate of drug-likeness (QED) is 0.645. The van der Waals surface area contributed by atoms with E-state index in [1.807, 2.05) is 77.7 Å². The largest absolute Gasteiger partial charge is 0.457 e. The monoisotopic (exact) mass is 347 g/mol. The van der Waals surface area contributed by atoms with E-state index in [2.05, 4.69) is 12.1 Å². The van der Waals surface area contributed by atoms with Crippen molar-refractivity contribution in [1.29, 1.82) is 0 Å². The van der Waals surface area contributed by atoms with Crippen LogP contribution in [0.15, 0.2) is 84.9 Å². The lowest BCUT2D eigenvalue weighted by atomic mass is 10.2. The Hall–Kier alpha value is -2.72. The second-order valence-corrected chi connectivity index (χ2v) is 6.82. The van der Waals surface area contributed by atoms with Crippen LogP contribution in [0.2, 0.25) is 0 Å². The molecule has 1 fully saturated rings. The summed E-state index contributed by atoms with van der Waals surface area (Å²) in [6.07, 6.45) is 0. The van der Waals surface area contributed by atoms with E-state index >= 15 is 0 Å². The van der Waals surface area contributed by atoms with Gasteiger partial charge in [0.2, 0.25) is 5.91 Å². The number of ether oxygens (including phenoxy) is 1. The van der Waals surface area contributed by atoms with E-state index in [9.17, 15) is 4.79 Å². The van der Waals surface area contributed by atoms with Crippen LogP contribution < -0.4 is 9.64 Å². The van der Waals surface area contributed by atoms with Crippen LogP contribution in [0.4, 0.5) is 5.69 Å². The van der Waals surface area contributed by atoms with Gasteiger partial charge in [-0.2, -0.15) is 0 Å². The van der Waals surface area contributed by atoms with E-state index in [1.54, 1.807) is 11.8 Å². The first-order valence-electron chi connectivity index (χ1n) is 8.13. The van der Waals surface area contributed by atoms with Crippen LogP contribution in [0.5, 0.6) is 11.5 Å². The Morgan fingerprint density at radius 2 is 1.40 bits per heavy atom. The van der Waals surface area contributed by atoms with Crippen molar-refractivity contribution in [2.75, 3.05) is 10.7 Å². The molecule has 1 aliphatic heterocycles. The SMILES string of the molecule is O=C1CSC(c2ccccc2)N1c1ccc(Oc2ccccc2)cc1. The summed E-state index contributed by atoms with van der Waals surface area (Å²) in [5.41, 5.74) is 2.03. The first-order valence-corrected chi connectivity index (χ1v) is 9.18. The summed E-state index contributed by atoms with van der Waals surface area (Å²) in [4.78, 5) is 14.3. The number of thioether (sulfide) groups is 1. The van der Waals surface area contributed by atoms with E-state index in [4.69, 9.17) is 4.74 Å². The predicted octanol–water partition coefficient (Wildman–Crippen LogP) is 5.26. The molecule has 1 aliphatic rings. The highest BCUT2D eigenvalue weighted by Gasteiger charge is 2.33. The van der Waals surface area contributed by atoms with Gasteiger partial charge in [-0.1, -0.05) is 48.5 Å². The van der Waals surface area contributed by atoms with Crippen LogP contribution in [-0.2, 0) is 4.79 Å². The molecule has 3 nitrogen and oxygen atoms in total. The Kier molecular flexibility index (Phi) is 4.44. The third-order valence-electron chi connectivity index (χ3n) is 4.05. The number of nitrogens with zero attached hydrogens (tertiary/aromatic N) is 1. The minimum absolute atomic E-state index is 0.0228.